The number of para-hydroxylation sites is 1. The molecule has 0 spiro atoms. The van der Waals surface area contributed by atoms with E-state index in [9.17, 15) is 0 Å². The van der Waals surface area contributed by atoms with Gasteiger partial charge < -0.3 is 9.64 Å². The molecule has 1 heterocycles. The van der Waals surface area contributed by atoms with Crippen LogP contribution in [0.3, 0.4) is 0 Å². The summed E-state index contributed by atoms with van der Waals surface area (Å²) in [5.41, 5.74) is 0. The third-order valence-corrected chi connectivity index (χ3v) is 2.89. The lowest BCUT2D eigenvalue weighted by atomic mass is 10.3. The van der Waals surface area contributed by atoms with Gasteiger partial charge in [0.25, 0.3) is 5.88 Å². The van der Waals surface area contributed by atoms with E-state index in [1.54, 1.807) is 12.4 Å². The van der Waals surface area contributed by atoms with Gasteiger partial charge in [0.15, 0.2) is 5.82 Å². The van der Waals surface area contributed by atoms with Gasteiger partial charge in [0.05, 0.1) is 0 Å². The largest absolute Gasteiger partial charge is 0.436 e. The Morgan fingerprint density at radius 3 is 2.25 bits per heavy atom. The molecule has 0 fully saturated rings. The van der Waals surface area contributed by atoms with Crippen molar-refractivity contribution in [3.63, 3.8) is 0 Å². The van der Waals surface area contributed by atoms with Crippen LogP contribution in [0.4, 0.5) is 5.82 Å². The molecule has 0 aliphatic rings. The van der Waals surface area contributed by atoms with Crippen LogP contribution in [0.15, 0.2) is 42.7 Å². The molecule has 0 aliphatic heterocycles. The summed E-state index contributed by atoms with van der Waals surface area (Å²) >= 11 is 0. The standard InChI is InChI=1S/C16H21N3O/c1-3-12-19(13-4-2)15-16(18-11-10-17-15)20-14-8-6-5-7-9-14/h5-11H,3-4,12-13H2,1-2H3. The normalized spacial score (nSPS) is 10.3. The maximum atomic E-state index is 5.87. The van der Waals surface area contributed by atoms with E-state index in [1.807, 2.05) is 30.3 Å². The number of aromatic nitrogens is 2. The van der Waals surface area contributed by atoms with Crippen LogP contribution in [-0.2, 0) is 0 Å². The van der Waals surface area contributed by atoms with E-state index < -0.39 is 0 Å². The minimum atomic E-state index is 0.570. The Morgan fingerprint density at radius 1 is 0.950 bits per heavy atom. The van der Waals surface area contributed by atoms with Gasteiger partial charge >= 0.3 is 0 Å². The van der Waals surface area contributed by atoms with E-state index in [0.29, 0.717) is 5.88 Å². The zero-order chi connectivity index (χ0) is 14.2. The second-order valence-electron chi connectivity index (χ2n) is 4.59. The first kappa shape index (κ1) is 14.3. The average Bonchev–Trinajstić information content (AvgIpc) is 2.49. The molecule has 0 radical (unpaired) electrons. The molecule has 0 saturated heterocycles. The van der Waals surface area contributed by atoms with Crippen LogP contribution >= 0.6 is 0 Å². The summed E-state index contributed by atoms with van der Waals surface area (Å²) in [7, 11) is 0. The number of ether oxygens (including phenoxy) is 1. The van der Waals surface area contributed by atoms with E-state index in [1.165, 1.54) is 0 Å². The lowest BCUT2D eigenvalue weighted by Crippen LogP contribution is -2.26. The zero-order valence-corrected chi connectivity index (χ0v) is 12.1. The Balaban J connectivity index is 2.24. The van der Waals surface area contributed by atoms with Crippen LogP contribution in [-0.4, -0.2) is 23.1 Å². The molecule has 0 aliphatic carbocycles. The number of nitrogens with zero attached hydrogens (tertiary/aromatic N) is 3. The number of hydrogen-bond acceptors (Lipinski definition) is 4. The van der Waals surface area contributed by atoms with E-state index in [4.69, 9.17) is 4.74 Å². The van der Waals surface area contributed by atoms with E-state index in [-0.39, 0.29) is 0 Å². The van der Waals surface area contributed by atoms with Crippen molar-refractivity contribution in [2.75, 3.05) is 18.0 Å². The Labute approximate surface area is 120 Å². The molecular weight excluding hydrogens is 250 g/mol. The maximum Gasteiger partial charge on any atom is 0.263 e. The molecule has 0 saturated carbocycles. The second kappa shape index (κ2) is 7.48. The smallest absolute Gasteiger partial charge is 0.263 e. The summed E-state index contributed by atoms with van der Waals surface area (Å²) in [6, 6.07) is 9.69. The average molecular weight is 271 g/mol. The maximum absolute atomic E-state index is 5.87. The van der Waals surface area contributed by atoms with Crippen LogP contribution in [0, 0.1) is 0 Å². The SMILES string of the molecule is CCCN(CCC)c1nccnc1Oc1ccccc1. The Kier molecular flexibility index (Phi) is 5.35. The third-order valence-electron chi connectivity index (χ3n) is 2.89. The van der Waals surface area contributed by atoms with Crippen molar-refractivity contribution in [1.82, 2.24) is 9.97 Å². The first-order valence-electron chi connectivity index (χ1n) is 7.14. The molecule has 20 heavy (non-hydrogen) atoms. The van der Waals surface area contributed by atoms with Gasteiger partial charge in [0.1, 0.15) is 5.75 Å². The van der Waals surface area contributed by atoms with Crippen LogP contribution in [0.25, 0.3) is 0 Å². The Bertz CT molecular complexity index is 510. The summed E-state index contributed by atoms with van der Waals surface area (Å²) < 4.78 is 5.87. The molecule has 0 unspecified atom stereocenters. The van der Waals surface area contributed by atoms with Gasteiger partial charge in [-0.15, -0.1) is 0 Å². The molecule has 4 nitrogen and oxygen atoms in total. The summed E-state index contributed by atoms with van der Waals surface area (Å²) in [6.45, 7) is 6.24. The van der Waals surface area contributed by atoms with Crippen molar-refractivity contribution in [2.24, 2.45) is 0 Å². The summed E-state index contributed by atoms with van der Waals surface area (Å²) in [5, 5.41) is 0. The fraction of sp³-hybridized carbons (Fsp3) is 0.375. The molecule has 1 aromatic carbocycles. The zero-order valence-electron chi connectivity index (χ0n) is 12.1. The Morgan fingerprint density at radius 2 is 1.60 bits per heavy atom. The van der Waals surface area contributed by atoms with Crippen LogP contribution in [0.5, 0.6) is 11.6 Å². The molecule has 0 amide bonds. The lowest BCUT2D eigenvalue weighted by Gasteiger charge is -2.23. The van der Waals surface area contributed by atoms with Crippen molar-refractivity contribution in [3.8, 4) is 11.6 Å². The van der Waals surface area contributed by atoms with E-state index in [2.05, 4.69) is 28.7 Å². The van der Waals surface area contributed by atoms with Crippen molar-refractivity contribution < 1.29 is 4.74 Å². The number of anilines is 1. The molecule has 0 N–H and O–H groups in total. The number of rotatable bonds is 7. The first-order chi connectivity index (χ1) is 9.85. The second-order valence-corrected chi connectivity index (χ2v) is 4.59. The fourth-order valence-electron chi connectivity index (χ4n) is 2.07. The highest BCUT2D eigenvalue weighted by Gasteiger charge is 2.14. The van der Waals surface area contributed by atoms with Crippen LogP contribution in [0.1, 0.15) is 26.7 Å². The van der Waals surface area contributed by atoms with Crippen LogP contribution < -0.4 is 9.64 Å². The highest BCUT2D eigenvalue weighted by atomic mass is 16.5. The van der Waals surface area contributed by atoms with Crippen molar-refractivity contribution in [3.05, 3.63) is 42.7 Å². The summed E-state index contributed by atoms with van der Waals surface area (Å²) in [4.78, 5) is 11.0. The highest BCUT2D eigenvalue weighted by molar-refractivity contribution is 5.49. The monoisotopic (exact) mass is 271 g/mol. The minimum Gasteiger partial charge on any atom is -0.436 e. The van der Waals surface area contributed by atoms with Crippen molar-refractivity contribution in [2.45, 2.75) is 26.7 Å². The topological polar surface area (TPSA) is 38.2 Å². The van der Waals surface area contributed by atoms with Crippen molar-refractivity contribution in [1.29, 1.82) is 0 Å². The van der Waals surface area contributed by atoms with E-state index in [0.717, 1.165) is 37.5 Å². The van der Waals surface area contributed by atoms with Gasteiger partial charge in [-0.05, 0) is 25.0 Å². The molecule has 0 bridgehead atoms. The van der Waals surface area contributed by atoms with Gasteiger partial charge in [-0.3, -0.25) is 0 Å². The number of hydrogen-bond donors (Lipinski definition) is 0. The first-order valence-corrected chi connectivity index (χ1v) is 7.14. The van der Waals surface area contributed by atoms with Gasteiger partial charge in [0.2, 0.25) is 0 Å². The molecule has 106 valence electrons. The van der Waals surface area contributed by atoms with Gasteiger partial charge in [-0.2, -0.15) is 0 Å². The molecular formula is C16H21N3O. The third kappa shape index (κ3) is 3.70. The predicted molar refractivity (Wildman–Crippen MR) is 81.3 cm³/mol. The van der Waals surface area contributed by atoms with Crippen LogP contribution in [0.2, 0.25) is 0 Å². The van der Waals surface area contributed by atoms with Gasteiger partial charge in [0, 0.05) is 25.5 Å². The molecule has 1 aromatic heterocycles. The van der Waals surface area contributed by atoms with Gasteiger partial charge in [-0.1, -0.05) is 32.0 Å². The van der Waals surface area contributed by atoms with Gasteiger partial charge in [-0.25, -0.2) is 9.97 Å². The lowest BCUT2D eigenvalue weighted by molar-refractivity contribution is 0.458. The number of benzene rings is 1. The summed E-state index contributed by atoms with van der Waals surface area (Å²) in [5.74, 6) is 2.17. The highest BCUT2D eigenvalue weighted by Crippen LogP contribution is 2.27. The quantitative estimate of drug-likeness (QED) is 0.765. The van der Waals surface area contributed by atoms with Crippen molar-refractivity contribution >= 4 is 5.82 Å². The Hall–Kier alpha value is -2.10. The van der Waals surface area contributed by atoms with E-state index >= 15 is 0 Å². The fourth-order valence-corrected chi connectivity index (χ4v) is 2.07. The molecule has 4 heteroatoms. The molecule has 2 aromatic rings. The summed E-state index contributed by atoms with van der Waals surface area (Å²) in [6.07, 6.45) is 5.52. The minimum absolute atomic E-state index is 0.570. The molecule has 0 atom stereocenters. The predicted octanol–water partition coefficient (Wildman–Crippen LogP) is 3.90. The molecule has 2 rings (SSSR count).